The van der Waals surface area contributed by atoms with Gasteiger partial charge < -0.3 is 14.6 Å². The number of ether oxygens (including phenoxy) is 2. The third kappa shape index (κ3) is 5.23. The quantitative estimate of drug-likeness (QED) is 0.389. The Morgan fingerprint density at radius 1 is 0.848 bits per heavy atom. The molecule has 1 aliphatic rings. The van der Waals surface area contributed by atoms with Gasteiger partial charge in [-0.15, -0.1) is 0 Å². The lowest BCUT2D eigenvalue weighted by molar-refractivity contribution is -0.386. The summed E-state index contributed by atoms with van der Waals surface area (Å²) >= 11 is 0. The third-order valence-electron chi connectivity index (χ3n) is 5.47. The molecule has 4 rings (SSSR count). The fourth-order valence-electron chi connectivity index (χ4n) is 3.77. The number of aliphatic hydroxyl groups is 1. The molecule has 0 amide bonds. The van der Waals surface area contributed by atoms with Crippen molar-refractivity contribution in [2.24, 2.45) is 0 Å². The number of aliphatic hydroxyl groups excluding tert-OH is 1. The number of hydrogen-bond acceptors (Lipinski definition) is 6. The molecule has 1 N–H and O–H groups in total. The van der Waals surface area contributed by atoms with Crippen LogP contribution in [0.15, 0.2) is 96.6 Å². The van der Waals surface area contributed by atoms with Crippen LogP contribution in [0, 0.1) is 10.1 Å². The van der Waals surface area contributed by atoms with Crippen molar-refractivity contribution in [1.82, 2.24) is 0 Å². The van der Waals surface area contributed by atoms with Gasteiger partial charge in [-0.1, -0.05) is 72.8 Å². The van der Waals surface area contributed by atoms with Crippen molar-refractivity contribution in [3.05, 3.63) is 123 Å². The van der Waals surface area contributed by atoms with Gasteiger partial charge in [0.25, 0.3) is 5.69 Å². The third-order valence-corrected chi connectivity index (χ3v) is 5.47. The highest BCUT2D eigenvalue weighted by Gasteiger charge is 2.41. The maximum absolute atomic E-state index is 13.2. The van der Waals surface area contributed by atoms with Gasteiger partial charge in [0.2, 0.25) is 0 Å². The SMILES string of the molecule is O=C1C(C(O)c2ccccc2[N+](=O)[O-])=C[C@H](OCc2ccccc2)[C@H]1OCc1ccccc1. The van der Waals surface area contributed by atoms with Crippen LogP contribution < -0.4 is 0 Å². The van der Waals surface area contributed by atoms with E-state index in [1.54, 1.807) is 6.07 Å². The molecule has 0 aromatic heterocycles. The van der Waals surface area contributed by atoms with Gasteiger partial charge in [-0.2, -0.15) is 0 Å². The first-order chi connectivity index (χ1) is 16.0. The zero-order valence-corrected chi connectivity index (χ0v) is 17.7. The molecule has 0 spiro atoms. The first kappa shape index (κ1) is 22.5. The van der Waals surface area contributed by atoms with E-state index >= 15 is 0 Å². The van der Waals surface area contributed by atoms with Gasteiger partial charge in [-0.3, -0.25) is 14.9 Å². The topological polar surface area (TPSA) is 98.9 Å². The summed E-state index contributed by atoms with van der Waals surface area (Å²) in [6.45, 7) is 0.431. The lowest BCUT2D eigenvalue weighted by atomic mass is 9.98. The van der Waals surface area contributed by atoms with Crippen molar-refractivity contribution < 1.29 is 24.3 Å². The van der Waals surface area contributed by atoms with Gasteiger partial charge in [0.05, 0.1) is 23.7 Å². The summed E-state index contributed by atoms with van der Waals surface area (Å²) in [5.41, 5.74) is 1.63. The second kappa shape index (κ2) is 10.3. The molecule has 0 saturated carbocycles. The Labute approximate surface area is 191 Å². The van der Waals surface area contributed by atoms with Crippen LogP contribution in [0.1, 0.15) is 22.8 Å². The van der Waals surface area contributed by atoms with Crippen molar-refractivity contribution in [3.63, 3.8) is 0 Å². The number of rotatable bonds is 9. The Bertz CT molecular complexity index is 1150. The van der Waals surface area contributed by atoms with Crippen LogP contribution in [0.4, 0.5) is 5.69 Å². The van der Waals surface area contributed by atoms with Crippen molar-refractivity contribution in [2.75, 3.05) is 0 Å². The number of hydrogen-bond donors (Lipinski definition) is 1. The highest BCUT2D eigenvalue weighted by Crippen LogP contribution is 2.35. The van der Waals surface area contributed by atoms with Crippen molar-refractivity contribution >= 4 is 11.5 Å². The maximum Gasteiger partial charge on any atom is 0.275 e. The summed E-state index contributed by atoms with van der Waals surface area (Å²) in [6, 6.07) is 24.7. The molecule has 3 atom stereocenters. The molecule has 0 aliphatic heterocycles. The molecule has 7 nitrogen and oxygen atoms in total. The molecule has 0 fully saturated rings. The van der Waals surface area contributed by atoms with Crippen LogP contribution in [0.5, 0.6) is 0 Å². The first-order valence-electron chi connectivity index (χ1n) is 10.5. The highest BCUT2D eigenvalue weighted by atomic mass is 16.6. The van der Waals surface area contributed by atoms with E-state index in [0.29, 0.717) is 0 Å². The van der Waals surface area contributed by atoms with E-state index in [4.69, 9.17) is 9.47 Å². The number of benzene rings is 3. The minimum Gasteiger partial charge on any atom is -0.383 e. The van der Waals surface area contributed by atoms with Crippen LogP contribution >= 0.6 is 0 Å². The van der Waals surface area contributed by atoms with E-state index in [1.165, 1.54) is 24.3 Å². The van der Waals surface area contributed by atoms with Crippen molar-refractivity contribution in [3.8, 4) is 0 Å². The van der Waals surface area contributed by atoms with Crippen LogP contribution in [-0.4, -0.2) is 28.0 Å². The molecule has 1 unspecified atom stereocenters. The lowest BCUT2D eigenvalue weighted by Crippen LogP contribution is -2.33. The number of Topliss-reactive ketones (excluding diaryl/α,β-unsaturated/α-hetero) is 1. The van der Waals surface area contributed by atoms with Crippen LogP contribution in [0.2, 0.25) is 0 Å². The molecule has 3 aromatic rings. The van der Waals surface area contributed by atoms with E-state index in [2.05, 4.69) is 0 Å². The minimum atomic E-state index is -1.47. The highest BCUT2D eigenvalue weighted by molar-refractivity contribution is 6.03. The molecule has 168 valence electrons. The van der Waals surface area contributed by atoms with Gasteiger partial charge in [0.1, 0.15) is 12.2 Å². The predicted molar refractivity (Wildman–Crippen MR) is 121 cm³/mol. The number of nitro benzene ring substituents is 1. The molecule has 0 radical (unpaired) electrons. The Kier molecular flexibility index (Phi) is 7.04. The average Bonchev–Trinajstić information content (AvgIpc) is 3.17. The van der Waals surface area contributed by atoms with E-state index in [9.17, 15) is 20.0 Å². The molecule has 1 aliphatic carbocycles. The normalized spacial score (nSPS) is 18.7. The molecular formula is C26H23NO6. The van der Waals surface area contributed by atoms with Gasteiger partial charge in [-0.05, 0) is 23.3 Å². The fraction of sp³-hybridized carbons (Fsp3) is 0.192. The number of nitrogens with zero attached hydrogens (tertiary/aromatic N) is 1. The predicted octanol–water partition coefficient (Wildman–Crippen LogP) is 4.31. The molecular weight excluding hydrogens is 422 g/mol. The maximum atomic E-state index is 13.2. The van der Waals surface area contributed by atoms with E-state index < -0.39 is 29.0 Å². The Morgan fingerprint density at radius 2 is 1.39 bits per heavy atom. The number of para-hydroxylation sites is 1. The average molecular weight is 445 g/mol. The van der Waals surface area contributed by atoms with Crippen molar-refractivity contribution in [2.45, 2.75) is 31.5 Å². The number of carbonyl (C=O) groups excluding carboxylic acids is 1. The fourth-order valence-corrected chi connectivity index (χ4v) is 3.77. The number of carbonyl (C=O) groups is 1. The van der Waals surface area contributed by atoms with Crippen LogP contribution in [0.3, 0.4) is 0 Å². The standard InChI is InChI=1S/C26H23NO6/c28-24(20-13-7-8-14-22(20)27(30)31)21-15-23(32-16-18-9-3-1-4-10-18)26(25(21)29)33-17-19-11-5-2-6-12-19/h1-15,23-24,26,28H,16-17H2/t23-,24?,26+/m0/s1. The zero-order valence-electron chi connectivity index (χ0n) is 17.7. The molecule has 7 heteroatoms. The minimum absolute atomic E-state index is 0.0282. The van der Waals surface area contributed by atoms with Gasteiger partial charge in [0, 0.05) is 11.6 Å². The Morgan fingerprint density at radius 3 is 2.00 bits per heavy atom. The summed E-state index contributed by atoms with van der Waals surface area (Å²) in [5, 5.41) is 22.3. The Hall–Kier alpha value is -3.65. The molecule has 0 bridgehead atoms. The summed E-state index contributed by atoms with van der Waals surface area (Å²) in [6.07, 6.45) is -1.66. The van der Waals surface area contributed by atoms with Crippen LogP contribution in [0.25, 0.3) is 0 Å². The van der Waals surface area contributed by atoms with E-state index in [0.717, 1.165) is 11.1 Å². The Balaban J connectivity index is 1.58. The molecule has 3 aromatic carbocycles. The van der Waals surface area contributed by atoms with E-state index in [-0.39, 0.29) is 30.0 Å². The van der Waals surface area contributed by atoms with Gasteiger partial charge >= 0.3 is 0 Å². The second-order valence-electron chi connectivity index (χ2n) is 7.68. The summed E-state index contributed by atoms with van der Waals surface area (Å²) in [5.74, 6) is -0.449. The molecule has 0 saturated heterocycles. The summed E-state index contributed by atoms with van der Waals surface area (Å²) in [4.78, 5) is 24.1. The van der Waals surface area contributed by atoms with Gasteiger partial charge in [-0.25, -0.2) is 0 Å². The first-order valence-corrected chi connectivity index (χ1v) is 10.5. The van der Waals surface area contributed by atoms with E-state index in [1.807, 2.05) is 60.7 Å². The smallest absolute Gasteiger partial charge is 0.275 e. The summed E-state index contributed by atoms with van der Waals surface area (Å²) < 4.78 is 11.9. The van der Waals surface area contributed by atoms with Crippen LogP contribution in [-0.2, 0) is 27.5 Å². The number of ketones is 1. The molecule has 33 heavy (non-hydrogen) atoms. The zero-order chi connectivity index (χ0) is 23.2. The second-order valence-corrected chi connectivity index (χ2v) is 7.68. The monoisotopic (exact) mass is 445 g/mol. The largest absolute Gasteiger partial charge is 0.383 e. The lowest BCUT2D eigenvalue weighted by Gasteiger charge is -2.20. The summed E-state index contributed by atoms with van der Waals surface area (Å²) in [7, 11) is 0. The van der Waals surface area contributed by atoms with Gasteiger partial charge in [0.15, 0.2) is 11.9 Å². The number of nitro groups is 1. The van der Waals surface area contributed by atoms with Crippen molar-refractivity contribution in [1.29, 1.82) is 0 Å². The molecule has 0 heterocycles.